The van der Waals surface area contributed by atoms with Crippen LogP contribution in [0.3, 0.4) is 0 Å². The molecule has 0 aromatic heterocycles. The molecule has 1 fully saturated rings. The zero-order valence-electron chi connectivity index (χ0n) is 16.7. The summed E-state index contributed by atoms with van der Waals surface area (Å²) in [6.45, 7) is 7.84. The Balaban J connectivity index is 1.91. The molecule has 0 bridgehead atoms. The zero-order valence-corrected chi connectivity index (χ0v) is 17.5. The molecule has 2 unspecified atom stereocenters. The minimum Gasteiger partial charge on any atom is -0.338 e. The molecule has 0 radical (unpaired) electrons. The first kappa shape index (κ1) is 20.4. The Morgan fingerprint density at radius 2 is 1.68 bits per heavy atom. The smallest absolute Gasteiger partial charge is 0.264 e. The summed E-state index contributed by atoms with van der Waals surface area (Å²) < 4.78 is 27.8. The maximum Gasteiger partial charge on any atom is 0.264 e. The molecular weight excluding hydrogens is 372 g/mol. The average molecular weight is 401 g/mol. The Bertz CT molecular complexity index is 918. The van der Waals surface area contributed by atoms with Gasteiger partial charge in [-0.15, -0.1) is 0 Å². The third-order valence-electron chi connectivity index (χ3n) is 5.16. The lowest BCUT2D eigenvalue weighted by molar-refractivity contribution is 0.0623. The topological polar surface area (TPSA) is 57.7 Å². The van der Waals surface area contributed by atoms with E-state index < -0.39 is 10.0 Å². The van der Waals surface area contributed by atoms with Crippen LogP contribution in [0.2, 0.25) is 0 Å². The summed E-state index contributed by atoms with van der Waals surface area (Å²) in [7, 11) is -3.75. The van der Waals surface area contributed by atoms with E-state index in [2.05, 4.69) is 13.8 Å². The number of nitrogens with zero attached hydrogens (tertiary/aromatic N) is 2. The van der Waals surface area contributed by atoms with E-state index in [-0.39, 0.29) is 10.8 Å². The fourth-order valence-corrected chi connectivity index (χ4v) is 5.53. The van der Waals surface area contributed by atoms with E-state index in [1.165, 1.54) is 10.4 Å². The number of carbonyl (C=O) groups is 1. The number of rotatable bonds is 5. The fraction of sp³-hybridized carbons (Fsp3) is 0.409. The molecule has 0 spiro atoms. The van der Waals surface area contributed by atoms with Crippen molar-refractivity contribution in [3.63, 3.8) is 0 Å². The highest BCUT2D eigenvalue weighted by atomic mass is 32.2. The lowest BCUT2D eigenvalue weighted by atomic mass is 9.91. The highest BCUT2D eigenvalue weighted by Gasteiger charge is 2.28. The Hall–Kier alpha value is -2.34. The standard InChI is InChI=1S/C22H28N2O3S/c1-4-24(20-10-6-5-7-11-20)28(26,27)21-12-8-9-19(14-21)22(25)23-15-17(2)13-18(3)16-23/h5-12,14,17-18H,4,13,15-16H2,1-3H3. The minimum absolute atomic E-state index is 0.0989. The summed E-state index contributed by atoms with van der Waals surface area (Å²) in [6.07, 6.45) is 1.11. The number of sulfonamides is 1. The second-order valence-electron chi connectivity index (χ2n) is 7.69. The summed E-state index contributed by atoms with van der Waals surface area (Å²) in [6, 6.07) is 15.4. The van der Waals surface area contributed by atoms with Crippen LogP contribution in [0.1, 0.15) is 37.6 Å². The Morgan fingerprint density at radius 1 is 1.04 bits per heavy atom. The number of piperidine rings is 1. The van der Waals surface area contributed by atoms with Crippen molar-refractivity contribution < 1.29 is 13.2 Å². The van der Waals surface area contributed by atoms with E-state index in [1.807, 2.05) is 23.1 Å². The van der Waals surface area contributed by atoms with E-state index in [0.29, 0.717) is 42.7 Å². The molecule has 2 aromatic carbocycles. The van der Waals surface area contributed by atoms with Gasteiger partial charge in [0.05, 0.1) is 10.6 Å². The summed E-state index contributed by atoms with van der Waals surface area (Å²) in [4.78, 5) is 15.0. The fourth-order valence-electron chi connectivity index (χ4n) is 4.01. The highest BCUT2D eigenvalue weighted by molar-refractivity contribution is 7.92. The lowest BCUT2D eigenvalue weighted by Crippen LogP contribution is -2.42. The molecule has 6 heteroatoms. The third kappa shape index (κ3) is 4.22. The maximum atomic E-state index is 13.2. The van der Waals surface area contributed by atoms with Gasteiger partial charge in [0.2, 0.25) is 0 Å². The number of anilines is 1. The van der Waals surface area contributed by atoms with Crippen molar-refractivity contribution in [1.82, 2.24) is 4.90 Å². The molecule has 0 saturated carbocycles. The van der Waals surface area contributed by atoms with E-state index in [0.717, 1.165) is 6.42 Å². The quantitative estimate of drug-likeness (QED) is 0.762. The van der Waals surface area contributed by atoms with E-state index in [9.17, 15) is 13.2 Å². The summed E-state index contributed by atoms with van der Waals surface area (Å²) >= 11 is 0. The molecule has 28 heavy (non-hydrogen) atoms. The first-order valence-electron chi connectivity index (χ1n) is 9.80. The first-order chi connectivity index (χ1) is 13.3. The van der Waals surface area contributed by atoms with Crippen molar-refractivity contribution in [2.45, 2.75) is 32.1 Å². The third-order valence-corrected chi connectivity index (χ3v) is 7.06. The van der Waals surface area contributed by atoms with Crippen molar-refractivity contribution in [2.24, 2.45) is 11.8 Å². The molecule has 0 N–H and O–H groups in total. The minimum atomic E-state index is -3.75. The van der Waals surface area contributed by atoms with Gasteiger partial charge < -0.3 is 4.90 Å². The number of carbonyl (C=O) groups excluding carboxylic acids is 1. The second kappa shape index (κ2) is 8.35. The van der Waals surface area contributed by atoms with Crippen molar-refractivity contribution in [1.29, 1.82) is 0 Å². The molecule has 3 rings (SSSR count). The van der Waals surface area contributed by atoms with Crippen LogP contribution < -0.4 is 4.31 Å². The Labute approximate surface area is 168 Å². The molecule has 1 amide bonds. The number of hydrogen-bond acceptors (Lipinski definition) is 3. The van der Waals surface area contributed by atoms with Crippen LogP contribution >= 0.6 is 0 Å². The summed E-state index contributed by atoms with van der Waals surface area (Å²) in [5, 5.41) is 0. The average Bonchev–Trinajstić information content (AvgIpc) is 2.68. The van der Waals surface area contributed by atoms with Crippen LogP contribution in [0.5, 0.6) is 0 Å². The zero-order chi connectivity index (χ0) is 20.3. The van der Waals surface area contributed by atoms with E-state index in [1.54, 1.807) is 37.3 Å². The molecule has 5 nitrogen and oxygen atoms in total. The van der Waals surface area contributed by atoms with Crippen molar-refractivity contribution in [3.8, 4) is 0 Å². The summed E-state index contributed by atoms with van der Waals surface area (Å²) in [5.74, 6) is 0.805. The van der Waals surface area contributed by atoms with Gasteiger partial charge in [-0.2, -0.15) is 0 Å². The van der Waals surface area contributed by atoms with Gasteiger partial charge in [-0.3, -0.25) is 9.10 Å². The van der Waals surface area contributed by atoms with Crippen LogP contribution in [-0.4, -0.2) is 38.9 Å². The second-order valence-corrected chi connectivity index (χ2v) is 9.55. The first-order valence-corrected chi connectivity index (χ1v) is 11.2. The molecule has 1 heterocycles. The monoisotopic (exact) mass is 400 g/mol. The lowest BCUT2D eigenvalue weighted by Gasteiger charge is -2.35. The van der Waals surface area contributed by atoms with Gasteiger partial charge in [0.1, 0.15) is 0 Å². The molecule has 1 aliphatic heterocycles. The molecule has 0 aliphatic carbocycles. The largest absolute Gasteiger partial charge is 0.338 e. The molecule has 1 aliphatic rings. The van der Waals surface area contributed by atoms with Crippen LogP contribution in [0.25, 0.3) is 0 Å². The molecule has 150 valence electrons. The molecule has 1 saturated heterocycles. The van der Waals surface area contributed by atoms with Crippen molar-refractivity contribution >= 4 is 21.6 Å². The normalized spacial score (nSPS) is 20.0. The van der Waals surface area contributed by atoms with Crippen LogP contribution in [0.4, 0.5) is 5.69 Å². The van der Waals surface area contributed by atoms with Gasteiger partial charge in [-0.05, 0) is 55.5 Å². The Morgan fingerprint density at radius 3 is 2.29 bits per heavy atom. The van der Waals surface area contributed by atoms with Gasteiger partial charge in [0.15, 0.2) is 0 Å². The number of hydrogen-bond donors (Lipinski definition) is 0. The maximum absolute atomic E-state index is 13.2. The number of benzene rings is 2. The van der Waals surface area contributed by atoms with E-state index >= 15 is 0 Å². The van der Waals surface area contributed by atoms with Crippen LogP contribution in [-0.2, 0) is 10.0 Å². The van der Waals surface area contributed by atoms with Gasteiger partial charge >= 0.3 is 0 Å². The van der Waals surface area contributed by atoms with Crippen molar-refractivity contribution in [2.75, 3.05) is 23.9 Å². The Kier molecular flexibility index (Phi) is 6.08. The number of likely N-dealkylation sites (tertiary alicyclic amines) is 1. The van der Waals surface area contributed by atoms with Gasteiger partial charge in [-0.1, -0.05) is 38.1 Å². The molecule has 2 atom stereocenters. The summed E-state index contributed by atoms with van der Waals surface area (Å²) in [5.41, 5.74) is 1.03. The van der Waals surface area contributed by atoms with Crippen LogP contribution in [0.15, 0.2) is 59.5 Å². The van der Waals surface area contributed by atoms with Gasteiger partial charge in [0, 0.05) is 25.2 Å². The predicted molar refractivity (Wildman–Crippen MR) is 112 cm³/mol. The predicted octanol–water partition coefficient (Wildman–Crippen LogP) is 4.02. The molecule has 2 aromatic rings. The van der Waals surface area contributed by atoms with Gasteiger partial charge in [0.25, 0.3) is 15.9 Å². The highest BCUT2D eigenvalue weighted by Crippen LogP contribution is 2.26. The van der Waals surface area contributed by atoms with Gasteiger partial charge in [-0.25, -0.2) is 8.42 Å². The van der Waals surface area contributed by atoms with Crippen molar-refractivity contribution in [3.05, 3.63) is 60.2 Å². The SMILES string of the molecule is CCN(c1ccccc1)S(=O)(=O)c1cccc(C(=O)N2CC(C)CC(C)C2)c1. The number of amides is 1. The number of para-hydroxylation sites is 1. The van der Waals surface area contributed by atoms with Crippen LogP contribution in [0, 0.1) is 11.8 Å². The van der Waals surface area contributed by atoms with E-state index in [4.69, 9.17) is 0 Å². The molecular formula is C22H28N2O3S.